The number of hydrogen-bond donors (Lipinski definition) is 3. The Labute approximate surface area is 157 Å². The van der Waals surface area contributed by atoms with Gasteiger partial charge in [-0.2, -0.15) is 0 Å². The van der Waals surface area contributed by atoms with Gasteiger partial charge in [-0.1, -0.05) is 25.5 Å². The molecule has 0 unspecified atom stereocenters. The molecule has 0 aromatic rings. The number of carboxylic acid groups (broad SMARTS) is 1. The summed E-state index contributed by atoms with van der Waals surface area (Å²) in [4.78, 5) is 22.8. The van der Waals surface area contributed by atoms with Crippen LogP contribution in [0.25, 0.3) is 0 Å². The number of amides is 1. The zero-order chi connectivity index (χ0) is 20.1. The number of hydrogen-bond acceptors (Lipinski definition) is 3. The molecule has 0 aliphatic heterocycles. The van der Waals surface area contributed by atoms with E-state index in [0.717, 1.165) is 17.6 Å². The van der Waals surface area contributed by atoms with E-state index in [1.165, 1.54) is 30.9 Å². The predicted octanol–water partition coefficient (Wildman–Crippen LogP) is 3.93. The SMILES string of the molecule is CC1=C(/C=C(C)/C(C)=C/N[C@@H](C)C(=O)N[C@@H](C)C(=O)O)C(C)(C)CCC1. The summed E-state index contributed by atoms with van der Waals surface area (Å²) in [7, 11) is 0. The highest BCUT2D eigenvalue weighted by molar-refractivity contribution is 5.86. The van der Waals surface area contributed by atoms with Crippen LogP contribution in [0.5, 0.6) is 0 Å². The third-order valence-electron chi connectivity index (χ3n) is 5.20. The molecule has 0 saturated carbocycles. The van der Waals surface area contributed by atoms with Crippen molar-refractivity contribution in [3.63, 3.8) is 0 Å². The summed E-state index contributed by atoms with van der Waals surface area (Å²) in [6.45, 7) is 14.1. The van der Waals surface area contributed by atoms with E-state index in [1.54, 1.807) is 6.92 Å². The molecular formula is C21H34N2O3. The first-order chi connectivity index (χ1) is 12.0. The Morgan fingerprint density at radius 2 is 1.77 bits per heavy atom. The van der Waals surface area contributed by atoms with Crippen molar-refractivity contribution in [3.05, 3.63) is 34.6 Å². The fraction of sp³-hybridized carbons (Fsp3) is 0.619. The molecular weight excluding hydrogens is 328 g/mol. The topological polar surface area (TPSA) is 78.4 Å². The second-order valence-electron chi connectivity index (χ2n) is 8.04. The summed E-state index contributed by atoms with van der Waals surface area (Å²) in [6, 6.07) is -1.41. The average molecular weight is 363 g/mol. The molecule has 5 heteroatoms. The van der Waals surface area contributed by atoms with E-state index in [0.29, 0.717) is 0 Å². The van der Waals surface area contributed by atoms with Crippen molar-refractivity contribution in [1.29, 1.82) is 0 Å². The van der Waals surface area contributed by atoms with E-state index >= 15 is 0 Å². The first kappa shape index (κ1) is 22.0. The van der Waals surface area contributed by atoms with Crippen LogP contribution < -0.4 is 10.6 Å². The molecule has 0 fully saturated rings. The van der Waals surface area contributed by atoms with Crippen LogP contribution in [0.4, 0.5) is 0 Å². The highest BCUT2D eigenvalue weighted by Crippen LogP contribution is 2.41. The predicted molar refractivity (Wildman–Crippen MR) is 106 cm³/mol. The lowest BCUT2D eigenvalue weighted by Gasteiger charge is -2.33. The van der Waals surface area contributed by atoms with Crippen LogP contribution in [-0.4, -0.2) is 29.1 Å². The van der Waals surface area contributed by atoms with Crippen LogP contribution >= 0.6 is 0 Å². The molecule has 2 atom stereocenters. The second-order valence-corrected chi connectivity index (χ2v) is 8.04. The largest absolute Gasteiger partial charge is 0.480 e. The summed E-state index contributed by atoms with van der Waals surface area (Å²) in [5.74, 6) is -1.38. The molecule has 0 spiro atoms. The van der Waals surface area contributed by atoms with Crippen molar-refractivity contribution in [2.75, 3.05) is 0 Å². The monoisotopic (exact) mass is 362 g/mol. The first-order valence-corrected chi connectivity index (χ1v) is 9.30. The highest BCUT2D eigenvalue weighted by Gasteiger charge is 2.27. The van der Waals surface area contributed by atoms with Gasteiger partial charge in [-0.25, -0.2) is 0 Å². The van der Waals surface area contributed by atoms with Crippen molar-refractivity contribution < 1.29 is 14.7 Å². The van der Waals surface area contributed by atoms with E-state index in [4.69, 9.17) is 5.11 Å². The number of carboxylic acids is 1. The number of aliphatic carboxylic acids is 1. The number of allylic oxidation sites excluding steroid dienone is 5. The molecule has 1 aliphatic carbocycles. The first-order valence-electron chi connectivity index (χ1n) is 9.30. The molecule has 0 radical (unpaired) electrons. The van der Waals surface area contributed by atoms with Crippen LogP contribution in [0.15, 0.2) is 34.6 Å². The van der Waals surface area contributed by atoms with E-state index in [1.807, 2.05) is 13.1 Å². The van der Waals surface area contributed by atoms with Gasteiger partial charge in [-0.3, -0.25) is 9.59 Å². The Bertz CT molecular complexity index is 642. The molecule has 1 rings (SSSR count). The number of rotatable bonds is 7. The van der Waals surface area contributed by atoms with Crippen LogP contribution in [0.1, 0.15) is 67.7 Å². The zero-order valence-corrected chi connectivity index (χ0v) is 17.2. The maximum atomic E-state index is 12.0. The van der Waals surface area contributed by atoms with Gasteiger partial charge in [0.05, 0.1) is 0 Å². The zero-order valence-electron chi connectivity index (χ0n) is 17.2. The summed E-state index contributed by atoms with van der Waals surface area (Å²) in [5.41, 5.74) is 5.27. The molecule has 0 aromatic carbocycles. The molecule has 0 aromatic heterocycles. The maximum absolute atomic E-state index is 12.0. The normalized spacial score (nSPS) is 20.4. The Morgan fingerprint density at radius 1 is 1.15 bits per heavy atom. The Hall–Kier alpha value is -2.04. The van der Waals surface area contributed by atoms with E-state index < -0.39 is 18.1 Å². The molecule has 5 nitrogen and oxygen atoms in total. The number of nitrogens with one attached hydrogen (secondary N) is 2. The van der Waals surface area contributed by atoms with Crippen LogP contribution in [0, 0.1) is 5.41 Å². The molecule has 26 heavy (non-hydrogen) atoms. The lowest BCUT2D eigenvalue weighted by Crippen LogP contribution is -2.46. The molecule has 3 N–H and O–H groups in total. The van der Waals surface area contributed by atoms with Gasteiger partial charge >= 0.3 is 5.97 Å². The third kappa shape index (κ3) is 6.04. The van der Waals surface area contributed by atoms with Crippen molar-refractivity contribution in [2.24, 2.45) is 5.41 Å². The minimum Gasteiger partial charge on any atom is -0.480 e. The maximum Gasteiger partial charge on any atom is 0.325 e. The fourth-order valence-electron chi connectivity index (χ4n) is 3.13. The van der Waals surface area contributed by atoms with E-state index in [2.05, 4.69) is 44.4 Å². The summed E-state index contributed by atoms with van der Waals surface area (Å²) in [5, 5.41) is 14.4. The standard InChI is InChI=1S/C21H34N2O3/c1-13-9-8-10-21(6,7)18(13)11-14(2)15(3)12-22-16(4)19(24)23-17(5)20(25)26/h11-12,16-17,22H,8-10H2,1-7H3,(H,23,24)(H,25,26)/b14-11+,15-12+/t16-,17-/m0/s1. The molecule has 146 valence electrons. The third-order valence-corrected chi connectivity index (χ3v) is 5.20. The van der Waals surface area contributed by atoms with Gasteiger partial charge in [-0.05, 0) is 76.0 Å². The summed E-state index contributed by atoms with van der Waals surface area (Å²) in [6.07, 6.45) is 7.69. The quantitative estimate of drug-likeness (QED) is 0.600. The van der Waals surface area contributed by atoms with Crippen LogP contribution in [0.3, 0.4) is 0 Å². The van der Waals surface area contributed by atoms with Gasteiger partial charge in [0.25, 0.3) is 0 Å². The highest BCUT2D eigenvalue weighted by atomic mass is 16.4. The Balaban J connectivity index is 2.80. The average Bonchev–Trinajstić information content (AvgIpc) is 2.54. The molecule has 1 aliphatic rings. The van der Waals surface area contributed by atoms with Crippen LogP contribution in [-0.2, 0) is 9.59 Å². The number of carbonyl (C=O) groups excluding carboxylic acids is 1. The molecule has 0 heterocycles. The molecule has 0 saturated heterocycles. The van der Waals surface area contributed by atoms with Crippen molar-refractivity contribution in [2.45, 2.75) is 79.8 Å². The van der Waals surface area contributed by atoms with Gasteiger partial charge in [0.15, 0.2) is 0 Å². The van der Waals surface area contributed by atoms with E-state index in [9.17, 15) is 9.59 Å². The van der Waals surface area contributed by atoms with Crippen molar-refractivity contribution in [3.8, 4) is 0 Å². The van der Waals surface area contributed by atoms with Gasteiger partial charge < -0.3 is 15.7 Å². The molecule has 1 amide bonds. The van der Waals surface area contributed by atoms with Crippen molar-refractivity contribution >= 4 is 11.9 Å². The Morgan fingerprint density at radius 3 is 2.31 bits per heavy atom. The summed E-state index contributed by atoms with van der Waals surface area (Å²) < 4.78 is 0. The van der Waals surface area contributed by atoms with Crippen molar-refractivity contribution in [1.82, 2.24) is 10.6 Å². The van der Waals surface area contributed by atoms with Gasteiger partial charge in [0.1, 0.15) is 12.1 Å². The second kappa shape index (κ2) is 9.06. The lowest BCUT2D eigenvalue weighted by molar-refractivity contribution is -0.141. The minimum absolute atomic E-state index is 0.192. The fourth-order valence-corrected chi connectivity index (χ4v) is 3.13. The smallest absolute Gasteiger partial charge is 0.325 e. The van der Waals surface area contributed by atoms with Gasteiger partial charge in [0.2, 0.25) is 5.91 Å². The Kier molecular flexibility index (Phi) is 7.67. The molecule has 0 bridgehead atoms. The van der Waals surface area contributed by atoms with Gasteiger partial charge in [-0.15, -0.1) is 0 Å². The number of carbonyl (C=O) groups is 2. The summed E-state index contributed by atoms with van der Waals surface area (Å²) >= 11 is 0. The van der Waals surface area contributed by atoms with Gasteiger partial charge in [0, 0.05) is 6.20 Å². The van der Waals surface area contributed by atoms with Crippen LogP contribution in [0.2, 0.25) is 0 Å². The van der Waals surface area contributed by atoms with E-state index in [-0.39, 0.29) is 11.3 Å². The lowest BCUT2D eigenvalue weighted by atomic mass is 9.72. The minimum atomic E-state index is -1.05.